The summed E-state index contributed by atoms with van der Waals surface area (Å²) < 4.78 is 27.8. The number of benzene rings is 1. The summed E-state index contributed by atoms with van der Waals surface area (Å²) in [5.74, 6) is -1.73. The molecule has 0 aliphatic carbocycles. The van der Waals surface area contributed by atoms with Gasteiger partial charge in [0.2, 0.25) is 0 Å². The highest BCUT2D eigenvalue weighted by molar-refractivity contribution is 5.99. The molecule has 1 aromatic carbocycles. The van der Waals surface area contributed by atoms with Gasteiger partial charge < -0.3 is 10.2 Å². The monoisotopic (exact) mass is 292 g/mol. The molecular formula is C14H14F2N4O. The third-order valence-corrected chi connectivity index (χ3v) is 3.49. The van der Waals surface area contributed by atoms with Gasteiger partial charge >= 0.3 is 0 Å². The molecule has 3 rings (SSSR count). The van der Waals surface area contributed by atoms with Crippen molar-refractivity contribution in [2.75, 3.05) is 26.2 Å². The maximum Gasteiger partial charge on any atom is 0.257 e. The number of nitrogens with zero attached hydrogens (tertiary/aromatic N) is 2. The summed E-state index contributed by atoms with van der Waals surface area (Å²) in [4.78, 5) is 14.1. The van der Waals surface area contributed by atoms with Gasteiger partial charge in [0.25, 0.3) is 5.91 Å². The zero-order valence-electron chi connectivity index (χ0n) is 11.2. The Labute approximate surface area is 120 Å². The fourth-order valence-electron chi connectivity index (χ4n) is 2.41. The van der Waals surface area contributed by atoms with Gasteiger partial charge in [-0.05, 0) is 12.1 Å². The van der Waals surface area contributed by atoms with Crippen LogP contribution in [0.5, 0.6) is 0 Å². The van der Waals surface area contributed by atoms with E-state index in [2.05, 4.69) is 15.5 Å². The lowest BCUT2D eigenvalue weighted by Gasteiger charge is -2.27. The van der Waals surface area contributed by atoms with Crippen molar-refractivity contribution in [3.63, 3.8) is 0 Å². The predicted octanol–water partition coefficient (Wildman–Crippen LogP) is 1.40. The first-order chi connectivity index (χ1) is 10.2. The topological polar surface area (TPSA) is 61.0 Å². The van der Waals surface area contributed by atoms with E-state index in [1.807, 2.05) is 0 Å². The fraction of sp³-hybridized carbons (Fsp3) is 0.286. The molecule has 5 nitrogen and oxygen atoms in total. The standard InChI is InChI=1S/C14H14F2N4O/c15-10-2-1-3-11(16)12(10)13-9(8-18-19-13)14(21)20-6-4-17-5-7-20/h1-3,8,17H,4-7H2,(H,18,19). The summed E-state index contributed by atoms with van der Waals surface area (Å²) in [6, 6.07) is 3.58. The minimum Gasteiger partial charge on any atom is -0.336 e. The highest BCUT2D eigenvalue weighted by Gasteiger charge is 2.25. The Morgan fingerprint density at radius 2 is 1.86 bits per heavy atom. The number of H-pyrrole nitrogens is 1. The van der Waals surface area contributed by atoms with Crippen molar-refractivity contribution in [2.45, 2.75) is 0 Å². The van der Waals surface area contributed by atoms with Crippen LogP contribution in [0.15, 0.2) is 24.4 Å². The first-order valence-corrected chi connectivity index (χ1v) is 6.66. The Kier molecular flexibility index (Phi) is 3.66. The first kappa shape index (κ1) is 13.7. The van der Waals surface area contributed by atoms with Crippen molar-refractivity contribution < 1.29 is 13.6 Å². The summed E-state index contributed by atoms with van der Waals surface area (Å²) >= 11 is 0. The van der Waals surface area contributed by atoms with Gasteiger partial charge in [-0.1, -0.05) is 6.07 Å². The lowest BCUT2D eigenvalue weighted by Crippen LogP contribution is -2.46. The second-order valence-corrected chi connectivity index (χ2v) is 4.80. The van der Waals surface area contributed by atoms with Gasteiger partial charge in [0.1, 0.15) is 11.6 Å². The van der Waals surface area contributed by atoms with E-state index in [0.29, 0.717) is 26.2 Å². The number of piperazine rings is 1. The van der Waals surface area contributed by atoms with Crippen LogP contribution in [0.1, 0.15) is 10.4 Å². The van der Waals surface area contributed by atoms with Crippen LogP contribution in [-0.4, -0.2) is 47.2 Å². The molecule has 1 fully saturated rings. The first-order valence-electron chi connectivity index (χ1n) is 6.66. The summed E-state index contributed by atoms with van der Waals surface area (Å²) in [7, 11) is 0. The summed E-state index contributed by atoms with van der Waals surface area (Å²) in [6.07, 6.45) is 1.31. The lowest BCUT2D eigenvalue weighted by molar-refractivity contribution is 0.0736. The molecular weight excluding hydrogens is 278 g/mol. The number of aromatic nitrogens is 2. The second kappa shape index (κ2) is 5.61. The van der Waals surface area contributed by atoms with Crippen molar-refractivity contribution in [2.24, 2.45) is 0 Å². The van der Waals surface area contributed by atoms with Crippen molar-refractivity contribution in [3.05, 3.63) is 41.6 Å². The minimum atomic E-state index is -0.728. The number of hydrogen-bond acceptors (Lipinski definition) is 3. The molecule has 1 aliphatic rings. The molecule has 0 spiro atoms. The summed E-state index contributed by atoms with van der Waals surface area (Å²) in [6.45, 7) is 2.52. The quantitative estimate of drug-likeness (QED) is 0.879. The van der Waals surface area contributed by atoms with Gasteiger partial charge in [0.05, 0.1) is 23.0 Å². The van der Waals surface area contributed by atoms with Gasteiger partial charge in [-0.2, -0.15) is 5.10 Å². The van der Waals surface area contributed by atoms with Crippen molar-refractivity contribution in [1.29, 1.82) is 0 Å². The number of hydrogen-bond donors (Lipinski definition) is 2. The van der Waals surface area contributed by atoms with E-state index in [0.717, 1.165) is 12.1 Å². The molecule has 7 heteroatoms. The van der Waals surface area contributed by atoms with E-state index in [4.69, 9.17) is 0 Å². The third-order valence-electron chi connectivity index (χ3n) is 3.49. The van der Waals surface area contributed by atoms with Crippen LogP contribution in [0.4, 0.5) is 8.78 Å². The Hall–Kier alpha value is -2.28. The van der Waals surface area contributed by atoms with E-state index in [9.17, 15) is 13.6 Å². The molecule has 0 bridgehead atoms. The molecule has 0 saturated carbocycles. The molecule has 0 atom stereocenters. The number of amides is 1. The molecule has 110 valence electrons. The van der Waals surface area contributed by atoms with E-state index in [1.54, 1.807) is 4.90 Å². The molecule has 1 aromatic heterocycles. The molecule has 2 aromatic rings. The van der Waals surface area contributed by atoms with Crippen LogP contribution >= 0.6 is 0 Å². The van der Waals surface area contributed by atoms with Crippen LogP contribution in [0, 0.1) is 11.6 Å². The van der Waals surface area contributed by atoms with Crippen LogP contribution in [0.25, 0.3) is 11.3 Å². The van der Waals surface area contributed by atoms with E-state index < -0.39 is 11.6 Å². The molecule has 1 saturated heterocycles. The number of halogens is 2. The SMILES string of the molecule is O=C(c1cn[nH]c1-c1c(F)cccc1F)N1CCNCC1. The number of aromatic amines is 1. The number of rotatable bonds is 2. The van der Waals surface area contributed by atoms with Crippen LogP contribution in [0.2, 0.25) is 0 Å². The molecule has 1 aliphatic heterocycles. The molecule has 2 N–H and O–H groups in total. The third kappa shape index (κ3) is 2.52. The van der Waals surface area contributed by atoms with Gasteiger partial charge in [-0.3, -0.25) is 9.89 Å². The zero-order valence-corrected chi connectivity index (χ0v) is 11.2. The Balaban J connectivity index is 1.99. The van der Waals surface area contributed by atoms with Crippen molar-refractivity contribution >= 4 is 5.91 Å². The highest BCUT2D eigenvalue weighted by Crippen LogP contribution is 2.27. The van der Waals surface area contributed by atoms with Gasteiger partial charge in [-0.15, -0.1) is 0 Å². The van der Waals surface area contributed by atoms with Crippen LogP contribution < -0.4 is 5.32 Å². The number of carbonyl (C=O) groups excluding carboxylic acids is 1. The average Bonchev–Trinajstić information content (AvgIpc) is 2.96. The molecule has 2 heterocycles. The second-order valence-electron chi connectivity index (χ2n) is 4.80. The van der Waals surface area contributed by atoms with Gasteiger partial charge in [-0.25, -0.2) is 8.78 Å². The Morgan fingerprint density at radius 3 is 2.52 bits per heavy atom. The van der Waals surface area contributed by atoms with E-state index >= 15 is 0 Å². The Morgan fingerprint density at radius 1 is 1.19 bits per heavy atom. The summed E-state index contributed by atoms with van der Waals surface area (Å²) in [5, 5.41) is 9.45. The minimum absolute atomic E-state index is 0.0779. The van der Waals surface area contributed by atoms with Crippen molar-refractivity contribution in [1.82, 2.24) is 20.4 Å². The molecule has 0 unspecified atom stereocenters. The maximum atomic E-state index is 13.9. The van der Waals surface area contributed by atoms with Crippen molar-refractivity contribution in [3.8, 4) is 11.3 Å². The van der Waals surface area contributed by atoms with E-state index in [-0.39, 0.29) is 22.7 Å². The zero-order chi connectivity index (χ0) is 14.8. The normalized spacial score (nSPS) is 15.2. The van der Waals surface area contributed by atoms with Gasteiger partial charge in [0.15, 0.2) is 0 Å². The number of carbonyl (C=O) groups is 1. The molecule has 0 radical (unpaired) electrons. The predicted molar refractivity (Wildman–Crippen MR) is 72.7 cm³/mol. The largest absolute Gasteiger partial charge is 0.336 e. The maximum absolute atomic E-state index is 13.9. The molecule has 1 amide bonds. The number of nitrogens with one attached hydrogen (secondary N) is 2. The Bertz CT molecular complexity index is 644. The highest BCUT2D eigenvalue weighted by atomic mass is 19.1. The van der Waals surface area contributed by atoms with Crippen LogP contribution in [0.3, 0.4) is 0 Å². The van der Waals surface area contributed by atoms with E-state index in [1.165, 1.54) is 12.3 Å². The average molecular weight is 292 g/mol. The molecule has 21 heavy (non-hydrogen) atoms. The fourth-order valence-corrected chi connectivity index (χ4v) is 2.41. The van der Waals surface area contributed by atoms with Gasteiger partial charge in [0, 0.05) is 26.2 Å². The summed E-state index contributed by atoms with van der Waals surface area (Å²) in [5.41, 5.74) is 0.00326. The smallest absolute Gasteiger partial charge is 0.257 e. The lowest BCUT2D eigenvalue weighted by atomic mass is 10.1. The van der Waals surface area contributed by atoms with Crippen LogP contribution in [-0.2, 0) is 0 Å².